The molecule has 1 fully saturated rings. The average molecular weight is 521 g/mol. The summed E-state index contributed by atoms with van der Waals surface area (Å²) in [5.74, 6) is 1.32. The lowest BCUT2D eigenvalue weighted by molar-refractivity contribution is -0.132. The molecule has 1 saturated heterocycles. The van der Waals surface area contributed by atoms with E-state index in [9.17, 15) is 4.79 Å². The number of fused-ring (bicyclic) bond motifs is 4. The number of amides is 1. The third kappa shape index (κ3) is 4.67. The van der Waals surface area contributed by atoms with E-state index in [1.807, 2.05) is 25.1 Å². The number of carbonyl (C=O) groups is 1. The Labute approximate surface area is 218 Å². The van der Waals surface area contributed by atoms with Gasteiger partial charge in [-0.05, 0) is 49.6 Å². The molecule has 0 N–H and O–H groups in total. The first-order chi connectivity index (χ1) is 18.0. The molecule has 4 aromatic rings. The summed E-state index contributed by atoms with van der Waals surface area (Å²) in [5.41, 5.74) is 5.62. The molecule has 0 aliphatic carbocycles. The van der Waals surface area contributed by atoms with Gasteiger partial charge in [-0.3, -0.25) is 0 Å². The van der Waals surface area contributed by atoms with Crippen LogP contribution < -0.4 is 9.47 Å². The molecule has 0 radical (unpaired) electrons. The van der Waals surface area contributed by atoms with Gasteiger partial charge in [0.15, 0.2) is 0 Å². The average Bonchev–Trinajstić information content (AvgIpc) is 3.52. The van der Waals surface area contributed by atoms with Crippen molar-refractivity contribution >= 4 is 38.7 Å². The van der Waals surface area contributed by atoms with Gasteiger partial charge in [0, 0.05) is 31.0 Å². The maximum atomic E-state index is 12.6. The van der Waals surface area contributed by atoms with Crippen LogP contribution in [0.25, 0.3) is 31.8 Å². The summed E-state index contributed by atoms with van der Waals surface area (Å²) in [6.45, 7) is 3.09. The molecule has 2 aliphatic rings. The molecular formula is C27H28N4O5S. The van der Waals surface area contributed by atoms with Crippen molar-refractivity contribution in [2.45, 2.75) is 45.0 Å². The molecule has 37 heavy (non-hydrogen) atoms. The Hall–Kier alpha value is -3.50. The molecule has 4 heterocycles. The highest BCUT2D eigenvalue weighted by molar-refractivity contribution is 7.22. The fourth-order valence-electron chi connectivity index (χ4n) is 4.89. The molecule has 2 aromatic heterocycles. The summed E-state index contributed by atoms with van der Waals surface area (Å²) < 4.78 is 23.6. The van der Waals surface area contributed by atoms with Gasteiger partial charge in [-0.15, -0.1) is 11.3 Å². The first-order valence-corrected chi connectivity index (χ1v) is 13.2. The maximum Gasteiger partial charge on any atom is 0.411 e. The van der Waals surface area contributed by atoms with E-state index in [1.165, 1.54) is 0 Å². The van der Waals surface area contributed by atoms with Crippen molar-refractivity contribution in [3.63, 3.8) is 0 Å². The van der Waals surface area contributed by atoms with Crippen LogP contribution in [0.2, 0.25) is 0 Å². The summed E-state index contributed by atoms with van der Waals surface area (Å²) >= 11 is 1.63. The van der Waals surface area contributed by atoms with E-state index in [0.29, 0.717) is 25.5 Å². The molecule has 6 rings (SSSR count). The van der Waals surface area contributed by atoms with Gasteiger partial charge < -0.3 is 23.8 Å². The number of hydrogen-bond donors (Lipinski definition) is 0. The van der Waals surface area contributed by atoms with E-state index in [0.717, 1.165) is 68.0 Å². The van der Waals surface area contributed by atoms with Crippen molar-refractivity contribution < 1.29 is 23.7 Å². The Morgan fingerprint density at radius 2 is 2.11 bits per heavy atom. The number of thiazole rings is 1. The topological polar surface area (TPSA) is 95.9 Å². The van der Waals surface area contributed by atoms with Crippen molar-refractivity contribution in [3.05, 3.63) is 41.6 Å². The Kier molecular flexibility index (Phi) is 6.29. The number of rotatable bonds is 5. The summed E-state index contributed by atoms with van der Waals surface area (Å²) in [6, 6.07) is 8.05. The minimum absolute atomic E-state index is 0.158. The van der Waals surface area contributed by atoms with E-state index >= 15 is 0 Å². The van der Waals surface area contributed by atoms with Crippen LogP contribution in [0.3, 0.4) is 0 Å². The molecule has 2 aromatic carbocycles. The van der Waals surface area contributed by atoms with Gasteiger partial charge in [-0.1, -0.05) is 0 Å². The molecule has 9 nitrogen and oxygen atoms in total. The number of hydrogen-bond acceptors (Lipinski definition) is 9. The zero-order valence-corrected chi connectivity index (χ0v) is 21.8. The molecular weight excluding hydrogens is 492 g/mol. The van der Waals surface area contributed by atoms with E-state index < -0.39 is 6.29 Å². The molecule has 2 atom stereocenters. The van der Waals surface area contributed by atoms with Crippen LogP contribution in [-0.4, -0.2) is 65.6 Å². The van der Waals surface area contributed by atoms with Crippen molar-refractivity contribution in [1.29, 1.82) is 0 Å². The van der Waals surface area contributed by atoms with Crippen LogP contribution in [0.5, 0.6) is 11.6 Å². The summed E-state index contributed by atoms with van der Waals surface area (Å²) in [7, 11) is 3.32. The van der Waals surface area contributed by atoms with Crippen molar-refractivity contribution in [1.82, 2.24) is 19.9 Å². The Balaban J connectivity index is 1.23. The van der Waals surface area contributed by atoms with Gasteiger partial charge in [0.2, 0.25) is 12.2 Å². The highest BCUT2D eigenvalue weighted by Gasteiger charge is 2.30. The van der Waals surface area contributed by atoms with Gasteiger partial charge in [-0.2, -0.15) is 0 Å². The van der Waals surface area contributed by atoms with Crippen LogP contribution in [-0.2, 0) is 15.9 Å². The molecule has 0 bridgehead atoms. The minimum Gasteiger partial charge on any atom is -0.488 e. The molecule has 0 saturated carbocycles. The third-order valence-electron chi connectivity index (χ3n) is 6.71. The number of nitrogens with zero attached hydrogens (tertiary/aromatic N) is 4. The third-order valence-corrected chi connectivity index (χ3v) is 7.87. The fraction of sp³-hybridized carbons (Fsp3) is 0.407. The summed E-state index contributed by atoms with van der Waals surface area (Å²) in [5, 5.41) is 0.883. The predicted octanol–water partition coefficient (Wildman–Crippen LogP) is 5.12. The van der Waals surface area contributed by atoms with Gasteiger partial charge in [0.05, 0.1) is 47.7 Å². The minimum atomic E-state index is -0.455. The second kappa shape index (κ2) is 9.75. The van der Waals surface area contributed by atoms with Crippen LogP contribution in [0.15, 0.2) is 30.5 Å². The molecule has 10 heteroatoms. The second-order valence-electron chi connectivity index (χ2n) is 9.51. The van der Waals surface area contributed by atoms with Crippen molar-refractivity contribution in [2.75, 3.05) is 27.3 Å². The number of likely N-dealkylation sites (N-methyl/N-ethyl adjacent to an activating group) is 1. The van der Waals surface area contributed by atoms with Gasteiger partial charge in [-0.25, -0.2) is 19.7 Å². The number of aromatic nitrogens is 3. The van der Waals surface area contributed by atoms with Crippen LogP contribution in [0.1, 0.15) is 30.4 Å². The standard InChI is InChI=1S/C27H28N4O5S/c1-15-10-18(24-20(11-15)29-22(33-3)13-28-24)26-30-19-7-8-21-17(25(19)37-26)12-16(35-21)14-31(2)27(32)36-23-6-4-5-9-34-23/h7-8,10-11,13,16,23H,4-6,9,12,14H2,1-3H3/t16-,23?/m0/s1. The number of benzene rings is 2. The smallest absolute Gasteiger partial charge is 0.411 e. The van der Waals surface area contributed by atoms with E-state index in [2.05, 4.69) is 16.0 Å². The Bertz CT molecular complexity index is 1480. The molecule has 1 unspecified atom stereocenters. The number of carbonyl (C=O) groups excluding carboxylic acids is 1. The van der Waals surface area contributed by atoms with E-state index in [1.54, 1.807) is 36.6 Å². The van der Waals surface area contributed by atoms with E-state index in [-0.39, 0.29) is 12.2 Å². The predicted molar refractivity (Wildman–Crippen MR) is 140 cm³/mol. The lowest BCUT2D eigenvalue weighted by Crippen LogP contribution is -2.39. The van der Waals surface area contributed by atoms with Gasteiger partial charge in [0.1, 0.15) is 16.9 Å². The largest absolute Gasteiger partial charge is 0.488 e. The second-order valence-corrected chi connectivity index (χ2v) is 10.5. The molecule has 2 aliphatic heterocycles. The van der Waals surface area contributed by atoms with Crippen molar-refractivity contribution in [2.24, 2.45) is 0 Å². The van der Waals surface area contributed by atoms with E-state index in [4.69, 9.17) is 23.9 Å². The van der Waals surface area contributed by atoms with Crippen LogP contribution in [0, 0.1) is 6.92 Å². The van der Waals surface area contributed by atoms with Crippen LogP contribution in [0.4, 0.5) is 4.79 Å². The molecule has 0 spiro atoms. The molecule has 1 amide bonds. The highest BCUT2D eigenvalue weighted by Crippen LogP contribution is 2.41. The normalized spacial score (nSPS) is 19.0. The number of methoxy groups -OCH3 is 1. The van der Waals surface area contributed by atoms with Gasteiger partial charge in [0.25, 0.3) is 0 Å². The summed E-state index contributed by atoms with van der Waals surface area (Å²) in [4.78, 5) is 28.2. The number of aryl methyl sites for hydroxylation is 1. The quantitative estimate of drug-likeness (QED) is 0.358. The Morgan fingerprint density at radius 1 is 1.22 bits per heavy atom. The van der Waals surface area contributed by atoms with Gasteiger partial charge >= 0.3 is 6.09 Å². The fourth-order valence-corrected chi connectivity index (χ4v) is 6.02. The Morgan fingerprint density at radius 3 is 2.92 bits per heavy atom. The summed E-state index contributed by atoms with van der Waals surface area (Å²) in [6.07, 6.45) is 4.08. The maximum absolute atomic E-state index is 12.6. The zero-order valence-electron chi connectivity index (χ0n) is 21.0. The van der Waals surface area contributed by atoms with Crippen LogP contribution >= 0.6 is 11.3 Å². The SMILES string of the molecule is COc1cnc2c(-c3nc4ccc5c(c4s3)C[C@@H](CN(C)C(=O)OC3CCCCO3)O5)cc(C)cc2n1. The van der Waals surface area contributed by atoms with Crippen molar-refractivity contribution in [3.8, 4) is 22.2 Å². The number of ether oxygens (including phenoxy) is 4. The highest BCUT2D eigenvalue weighted by atomic mass is 32.1. The monoisotopic (exact) mass is 520 g/mol. The first kappa shape index (κ1) is 23.9. The lowest BCUT2D eigenvalue weighted by Gasteiger charge is -2.26. The lowest BCUT2D eigenvalue weighted by atomic mass is 10.1. The zero-order chi connectivity index (χ0) is 25.5. The first-order valence-electron chi connectivity index (χ1n) is 12.4. The molecule has 192 valence electrons.